The van der Waals surface area contributed by atoms with Crippen molar-refractivity contribution in [2.24, 2.45) is 5.73 Å². The molecule has 0 bridgehead atoms. The minimum atomic E-state index is -2.08. The summed E-state index contributed by atoms with van der Waals surface area (Å²) in [6.45, 7) is 0. The molecule has 78 valence electrons. The van der Waals surface area contributed by atoms with E-state index in [-0.39, 0.29) is 51.4 Å². The molecule has 4 N–H and O–H groups in total. The van der Waals surface area contributed by atoms with Crippen molar-refractivity contribution in [2.75, 3.05) is 12.0 Å². The molecule has 1 atom stereocenters. The summed E-state index contributed by atoms with van der Waals surface area (Å²) in [6.07, 6.45) is 0.394. The maximum atomic E-state index is 10.1. The third kappa shape index (κ3) is 23.0. The summed E-state index contributed by atoms with van der Waals surface area (Å²) in [5, 5.41) is 23.6. The SMILES string of the molecule is CSCCC(N)C(=O)O.O=C([O-])O.[K+]. The summed E-state index contributed by atoms with van der Waals surface area (Å²) in [7, 11) is 0. The Morgan fingerprint density at radius 1 is 1.50 bits per heavy atom. The van der Waals surface area contributed by atoms with Crippen molar-refractivity contribution in [2.45, 2.75) is 12.5 Å². The first kappa shape index (κ1) is 20.1. The molecule has 0 aromatic heterocycles. The van der Waals surface area contributed by atoms with Crippen LogP contribution in [0.15, 0.2) is 0 Å². The molecule has 0 aliphatic rings. The average molecular weight is 249 g/mol. The Kier molecular flexibility index (Phi) is 19.7. The Labute approximate surface area is 129 Å². The van der Waals surface area contributed by atoms with Crippen LogP contribution in [0.5, 0.6) is 0 Å². The second-order valence-electron chi connectivity index (χ2n) is 1.99. The third-order valence-corrected chi connectivity index (χ3v) is 1.59. The molecule has 14 heavy (non-hydrogen) atoms. The monoisotopic (exact) mass is 249 g/mol. The quantitative estimate of drug-likeness (QED) is 0.434. The van der Waals surface area contributed by atoms with E-state index in [1.54, 1.807) is 11.8 Å². The van der Waals surface area contributed by atoms with Gasteiger partial charge in [-0.1, -0.05) is 0 Å². The van der Waals surface area contributed by atoms with Crippen LogP contribution in [0.1, 0.15) is 6.42 Å². The summed E-state index contributed by atoms with van der Waals surface area (Å²) in [6, 6.07) is -0.683. The summed E-state index contributed by atoms with van der Waals surface area (Å²) in [4.78, 5) is 18.5. The predicted octanol–water partition coefficient (Wildman–Crippen LogP) is -3.96. The van der Waals surface area contributed by atoms with Gasteiger partial charge in [0.2, 0.25) is 6.16 Å². The van der Waals surface area contributed by atoms with Crippen molar-refractivity contribution in [3.05, 3.63) is 0 Å². The van der Waals surface area contributed by atoms with E-state index in [0.717, 1.165) is 5.75 Å². The molecule has 0 saturated heterocycles. The van der Waals surface area contributed by atoms with Crippen LogP contribution >= 0.6 is 11.8 Å². The van der Waals surface area contributed by atoms with Crippen molar-refractivity contribution in [3.63, 3.8) is 0 Å². The molecule has 0 saturated carbocycles. The van der Waals surface area contributed by atoms with Crippen molar-refractivity contribution >= 4 is 23.9 Å². The van der Waals surface area contributed by atoms with Gasteiger partial charge in [-0.25, -0.2) is 0 Å². The van der Waals surface area contributed by atoms with E-state index in [4.69, 9.17) is 25.8 Å². The van der Waals surface area contributed by atoms with Gasteiger partial charge in [0, 0.05) is 0 Å². The summed E-state index contributed by atoms with van der Waals surface area (Å²) in [5.41, 5.74) is 5.19. The Morgan fingerprint density at radius 3 is 2.07 bits per heavy atom. The largest absolute Gasteiger partial charge is 1.00 e. The van der Waals surface area contributed by atoms with Crippen LogP contribution in [0.3, 0.4) is 0 Å². The molecule has 0 rings (SSSR count). The van der Waals surface area contributed by atoms with Gasteiger partial charge in [-0.3, -0.25) is 4.79 Å². The number of aliphatic carboxylic acids is 1. The van der Waals surface area contributed by atoms with Gasteiger partial charge < -0.3 is 25.8 Å². The molecule has 0 aliphatic carbocycles. The van der Waals surface area contributed by atoms with E-state index in [1.165, 1.54) is 0 Å². The van der Waals surface area contributed by atoms with Crippen LogP contribution < -0.4 is 62.2 Å². The summed E-state index contributed by atoms with van der Waals surface area (Å²) in [5.74, 6) is -0.1000. The normalized spacial score (nSPS) is 10.1. The van der Waals surface area contributed by atoms with Gasteiger partial charge >= 0.3 is 57.4 Å². The molecule has 0 aliphatic heterocycles. The number of carboxylic acids is 1. The fraction of sp³-hybridized carbons (Fsp3) is 0.667. The van der Waals surface area contributed by atoms with Gasteiger partial charge in [0.05, 0.1) is 0 Å². The molecule has 0 aromatic carbocycles. The van der Waals surface area contributed by atoms with Crippen LogP contribution in [0.2, 0.25) is 0 Å². The van der Waals surface area contributed by atoms with Crippen LogP contribution in [0, 0.1) is 0 Å². The zero-order valence-electron chi connectivity index (χ0n) is 8.10. The molecule has 0 spiro atoms. The van der Waals surface area contributed by atoms with Gasteiger partial charge in [0.15, 0.2) is 0 Å². The van der Waals surface area contributed by atoms with Crippen LogP contribution in [-0.2, 0) is 4.79 Å². The number of nitrogens with two attached hydrogens (primary N) is 1. The Bertz CT molecular complexity index is 164. The van der Waals surface area contributed by atoms with Gasteiger partial charge in [-0.15, -0.1) is 0 Å². The van der Waals surface area contributed by atoms with E-state index in [9.17, 15) is 4.79 Å². The maximum absolute atomic E-state index is 10.1. The first-order chi connectivity index (χ1) is 5.91. The van der Waals surface area contributed by atoms with Crippen LogP contribution in [-0.4, -0.2) is 40.4 Å². The zero-order chi connectivity index (χ0) is 10.9. The maximum Gasteiger partial charge on any atom is 1.00 e. The third-order valence-electron chi connectivity index (χ3n) is 0.950. The standard InChI is InChI=1S/C5H11NO2S.CH2O3.K/c1-9-3-2-4(6)5(7)8;2-1(3)4;/h4H,2-3,6H2,1H3,(H,7,8);(H2,2,3,4);/q;;+1/p-1. The van der Waals surface area contributed by atoms with Gasteiger partial charge in [-0.2, -0.15) is 11.8 Å². The number of rotatable bonds is 4. The number of thioether (sulfide) groups is 1. The van der Waals surface area contributed by atoms with Crippen molar-refractivity contribution in [3.8, 4) is 0 Å². The Balaban J connectivity index is -0.000000209. The molecule has 0 fully saturated rings. The van der Waals surface area contributed by atoms with E-state index >= 15 is 0 Å². The fourth-order valence-electron chi connectivity index (χ4n) is 0.368. The van der Waals surface area contributed by atoms with Gasteiger partial charge in [0.1, 0.15) is 6.04 Å². The fourth-order valence-corrected chi connectivity index (χ4v) is 0.858. The molecule has 6 nitrogen and oxygen atoms in total. The number of hydrogen-bond donors (Lipinski definition) is 3. The van der Waals surface area contributed by atoms with E-state index < -0.39 is 18.2 Å². The van der Waals surface area contributed by atoms with Crippen LogP contribution in [0.25, 0.3) is 0 Å². The van der Waals surface area contributed by atoms with Crippen molar-refractivity contribution in [1.29, 1.82) is 0 Å². The number of carboxylic acid groups (broad SMARTS) is 3. The molecular weight excluding hydrogens is 237 g/mol. The summed E-state index contributed by atoms with van der Waals surface area (Å²) >= 11 is 1.60. The molecule has 8 heteroatoms. The molecule has 0 heterocycles. The van der Waals surface area contributed by atoms with Gasteiger partial charge in [-0.05, 0) is 18.4 Å². The van der Waals surface area contributed by atoms with E-state index in [0.29, 0.717) is 6.42 Å². The first-order valence-corrected chi connectivity index (χ1v) is 4.68. The minimum absolute atomic E-state index is 0. The molecule has 1 unspecified atom stereocenters. The smallest absolute Gasteiger partial charge is 0.565 e. The topological polar surface area (TPSA) is 124 Å². The van der Waals surface area contributed by atoms with Gasteiger partial charge in [0.25, 0.3) is 0 Å². The van der Waals surface area contributed by atoms with E-state index in [2.05, 4.69) is 0 Å². The summed E-state index contributed by atoms with van der Waals surface area (Å²) < 4.78 is 0. The van der Waals surface area contributed by atoms with E-state index in [1.807, 2.05) is 6.26 Å². The van der Waals surface area contributed by atoms with Crippen molar-refractivity contribution in [1.82, 2.24) is 0 Å². The predicted molar refractivity (Wildman–Crippen MR) is 46.6 cm³/mol. The average Bonchev–Trinajstić information content (AvgIpc) is 1.98. The van der Waals surface area contributed by atoms with Crippen molar-refractivity contribution < 1.29 is 76.3 Å². The molecule has 0 radical (unpaired) electrons. The Hall–Kier alpha value is 0.686. The number of carbonyl (C=O) groups is 2. The zero-order valence-corrected chi connectivity index (χ0v) is 12.0. The van der Waals surface area contributed by atoms with Crippen LogP contribution in [0.4, 0.5) is 4.79 Å². The second kappa shape index (κ2) is 13.7. The molecule has 0 amide bonds. The second-order valence-corrected chi connectivity index (χ2v) is 2.98. The minimum Gasteiger partial charge on any atom is -0.565 e. The Morgan fingerprint density at radius 2 is 1.86 bits per heavy atom. The molecule has 0 aromatic rings. The number of hydrogen-bond acceptors (Lipinski definition) is 5. The molecular formula is C6H12KNO5S. The first-order valence-electron chi connectivity index (χ1n) is 3.29.